The summed E-state index contributed by atoms with van der Waals surface area (Å²) in [6, 6.07) is 6.43. The second-order valence-corrected chi connectivity index (χ2v) is 12.1. The van der Waals surface area contributed by atoms with Crippen LogP contribution in [-0.2, 0) is 0 Å². The molecule has 2 fully saturated rings. The lowest BCUT2D eigenvalue weighted by Gasteiger charge is -2.23. The van der Waals surface area contributed by atoms with Crippen LogP contribution in [0.25, 0.3) is 20.8 Å². The molecule has 10 nitrogen and oxygen atoms in total. The molecule has 5 atom stereocenters. The summed E-state index contributed by atoms with van der Waals surface area (Å²) in [5.74, 6) is -0.00915. The lowest BCUT2D eigenvalue weighted by molar-refractivity contribution is -0.274. The Hall–Kier alpha value is -3.59. The van der Waals surface area contributed by atoms with Crippen molar-refractivity contribution in [3.63, 3.8) is 0 Å². The summed E-state index contributed by atoms with van der Waals surface area (Å²) >= 11 is 1.46. The summed E-state index contributed by atoms with van der Waals surface area (Å²) in [4.78, 5) is 18.8. The summed E-state index contributed by atoms with van der Waals surface area (Å²) in [5.41, 5.74) is 3.17. The van der Waals surface area contributed by atoms with Crippen molar-refractivity contribution >= 4 is 33.3 Å². The Morgan fingerprint density at radius 2 is 1.86 bits per heavy atom. The number of ether oxygens (including phenoxy) is 1. The molecule has 3 heterocycles. The van der Waals surface area contributed by atoms with Crippen molar-refractivity contribution in [2.24, 2.45) is 5.92 Å². The van der Waals surface area contributed by atoms with E-state index >= 15 is 0 Å². The van der Waals surface area contributed by atoms with Crippen molar-refractivity contribution in [2.45, 2.75) is 69.7 Å². The molecule has 4 aromatic rings. The van der Waals surface area contributed by atoms with Crippen LogP contribution < -0.4 is 15.4 Å². The van der Waals surface area contributed by atoms with Crippen molar-refractivity contribution < 1.29 is 33.2 Å². The number of aromatic nitrogens is 4. The summed E-state index contributed by atoms with van der Waals surface area (Å²) in [7, 11) is 0. The van der Waals surface area contributed by atoms with E-state index in [1.165, 1.54) is 29.5 Å². The first-order valence-electron chi connectivity index (χ1n) is 14.0. The van der Waals surface area contributed by atoms with Gasteiger partial charge in [-0.2, -0.15) is 4.98 Å². The molecule has 0 amide bonds. The van der Waals surface area contributed by atoms with Crippen LogP contribution in [-0.4, -0.2) is 66.5 Å². The smallest absolute Gasteiger partial charge is 0.405 e. The molecule has 2 saturated carbocycles. The number of aliphatic hydroxyl groups excluding tert-OH is 3. The van der Waals surface area contributed by atoms with Gasteiger partial charge in [0.2, 0.25) is 5.95 Å². The lowest BCUT2D eigenvalue weighted by Crippen LogP contribution is -2.35. The number of nitrogens with one attached hydrogen (secondary N) is 2. The maximum Gasteiger partial charge on any atom is 0.573 e. The third kappa shape index (κ3) is 6.09. The van der Waals surface area contributed by atoms with Crippen molar-refractivity contribution in [3.8, 4) is 16.3 Å². The van der Waals surface area contributed by atoms with Crippen LogP contribution in [0.5, 0.6) is 5.75 Å². The maximum absolute atomic E-state index is 13.0. The molecule has 5 N–H and O–H groups in total. The molecule has 0 radical (unpaired) electrons. The number of aryl methyl sites for hydroxylation is 1. The number of benzene rings is 1. The van der Waals surface area contributed by atoms with Gasteiger partial charge in [-0.1, -0.05) is 18.2 Å². The number of thiazole rings is 1. The normalized spacial score (nSPS) is 23.0. The van der Waals surface area contributed by atoms with E-state index in [9.17, 15) is 28.5 Å². The average Bonchev–Trinajstić information content (AvgIpc) is 3.65. The number of pyridine rings is 1. The highest BCUT2D eigenvalue weighted by atomic mass is 32.1. The number of alkyl halides is 3. The van der Waals surface area contributed by atoms with Crippen LogP contribution in [0.15, 0.2) is 36.5 Å². The third-order valence-corrected chi connectivity index (χ3v) is 8.96. The van der Waals surface area contributed by atoms with Gasteiger partial charge in [0.05, 0.1) is 39.8 Å². The summed E-state index contributed by atoms with van der Waals surface area (Å²) in [5, 5.41) is 37.8. The third-order valence-electron chi connectivity index (χ3n) is 7.92. The molecule has 14 heteroatoms. The Morgan fingerprint density at radius 1 is 1.09 bits per heavy atom. The molecule has 6 rings (SSSR count). The molecule has 0 saturated heterocycles. The van der Waals surface area contributed by atoms with Gasteiger partial charge in [0.25, 0.3) is 0 Å². The Kier molecular flexibility index (Phi) is 7.87. The first-order chi connectivity index (χ1) is 20.5. The number of anilines is 2. The zero-order valence-electron chi connectivity index (χ0n) is 23.3. The van der Waals surface area contributed by atoms with Gasteiger partial charge in [0.1, 0.15) is 28.2 Å². The highest BCUT2D eigenvalue weighted by Crippen LogP contribution is 2.45. The van der Waals surface area contributed by atoms with Crippen LogP contribution in [0.4, 0.5) is 24.9 Å². The van der Waals surface area contributed by atoms with E-state index in [4.69, 9.17) is 9.97 Å². The lowest BCUT2D eigenvalue weighted by atomic mass is 10.1. The Bertz CT molecular complexity index is 1630. The minimum absolute atomic E-state index is 0.131. The van der Waals surface area contributed by atoms with Crippen LogP contribution >= 0.6 is 11.3 Å². The van der Waals surface area contributed by atoms with Gasteiger partial charge in [0.15, 0.2) is 0 Å². The minimum atomic E-state index is -4.85. The van der Waals surface area contributed by atoms with Crippen molar-refractivity contribution in [3.05, 3.63) is 53.5 Å². The first kappa shape index (κ1) is 29.5. The average molecular weight is 617 g/mol. The molecule has 3 aromatic heterocycles. The van der Waals surface area contributed by atoms with Gasteiger partial charge >= 0.3 is 6.36 Å². The monoisotopic (exact) mass is 616 g/mol. The molecule has 0 aliphatic heterocycles. The molecule has 2 aliphatic rings. The standard InChI is InChI=1S/C29H31F3N6O4S/c1-13(17-5-3-4-6-19(17)42-29(30,31)32)34-28-35-14(2)21(26(38-28)36-18-11-16(12-39)24(40)25(18)41)27-37-23-20(43-27)9-10-33-22(23)15-7-8-15/h3-6,9-10,13,15-16,18,24-25,39-41H,7-8,11-12H2,1-2H3,(H2,34,35,36,38)/t13-,16-,18-,24-,25+/m1/s1. The van der Waals surface area contributed by atoms with Crippen LogP contribution in [0.3, 0.4) is 0 Å². The van der Waals surface area contributed by atoms with E-state index in [1.807, 2.05) is 6.07 Å². The fraction of sp³-hybridized carbons (Fsp3) is 0.448. The summed E-state index contributed by atoms with van der Waals surface area (Å²) in [6.07, 6.45) is -2.94. The van der Waals surface area contributed by atoms with E-state index in [0.29, 0.717) is 28.0 Å². The SMILES string of the molecule is Cc1nc(N[C@H](C)c2ccccc2OC(F)(F)F)nc(N[C@@H]2C[C@H](CO)[C@@H](O)[C@H]2O)c1-c1nc2c(C3CC3)nccc2s1. The molecule has 0 spiro atoms. The Balaban J connectivity index is 1.38. The van der Waals surface area contributed by atoms with Gasteiger partial charge in [0, 0.05) is 30.2 Å². The quantitative estimate of drug-likeness (QED) is 0.176. The highest BCUT2D eigenvalue weighted by molar-refractivity contribution is 7.21. The second kappa shape index (κ2) is 11.5. The molecule has 0 unspecified atom stereocenters. The van der Waals surface area contributed by atoms with Crippen molar-refractivity contribution in [2.75, 3.05) is 17.2 Å². The van der Waals surface area contributed by atoms with Crippen LogP contribution in [0.1, 0.15) is 55.1 Å². The molecule has 1 aromatic carbocycles. The van der Waals surface area contributed by atoms with Crippen molar-refractivity contribution in [1.29, 1.82) is 0 Å². The Morgan fingerprint density at radius 3 is 2.56 bits per heavy atom. The van der Waals surface area contributed by atoms with Crippen LogP contribution in [0, 0.1) is 12.8 Å². The molecular formula is C29H31F3N6O4S. The topological polar surface area (TPSA) is 146 Å². The zero-order chi connectivity index (χ0) is 30.5. The van der Waals surface area contributed by atoms with E-state index in [0.717, 1.165) is 28.8 Å². The van der Waals surface area contributed by atoms with E-state index in [-0.39, 0.29) is 30.3 Å². The number of nitrogens with zero attached hydrogens (tertiary/aromatic N) is 4. The van der Waals surface area contributed by atoms with E-state index in [2.05, 4.69) is 25.3 Å². The largest absolute Gasteiger partial charge is 0.573 e. The van der Waals surface area contributed by atoms with Gasteiger partial charge in [-0.05, 0) is 45.2 Å². The number of hydrogen-bond acceptors (Lipinski definition) is 11. The van der Waals surface area contributed by atoms with Gasteiger partial charge < -0.3 is 30.7 Å². The highest BCUT2D eigenvalue weighted by Gasteiger charge is 2.42. The number of hydrogen-bond donors (Lipinski definition) is 5. The molecule has 228 valence electrons. The molecule has 2 aliphatic carbocycles. The first-order valence-corrected chi connectivity index (χ1v) is 14.8. The molecular weight excluding hydrogens is 585 g/mol. The number of rotatable bonds is 9. The van der Waals surface area contributed by atoms with Gasteiger partial charge in [-0.25, -0.2) is 9.97 Å². The van der Waals surface area contributed by atoms with Gasteiger partial charge in [-0.3, -0.25) is 4.98 Å². The number of halogens is 3. The number of fused-ring (bicyclic) bond motifs is 1. The fourth-order valence-electron chi connectivity index (χ4n) is 5.59. The molecule has 0 bridgehead atoms. The van der Waals surface area contributed by atoms with E-state index < -0.39 is 36.6 Å². The van der Waals surface area contributed by atoms with Crippen molar-refractivity contribution in [1.82, 2.24) is 19.9 Å². The van der Waals surface area contributed by atoms with E-state index in [1.54, 1.807) is 26.1 Å². The minimum Gasteiger partial charge on any atom is -0.405 e. The summed E-state index contributed by atoms with van der Waals surface area (Å²) in [6.45, 7) is 3.16. The van der Waals surface area contributed by atoms with Crippen LogP contribution in [0.2, 0.25) is 0 Å². The molecule has 43 heavy (non-hydrogen) atoms. The second-order valence-electron chi connectivity index (χ2n) is 11.1. The Labute approximate surface area is 249 Å². The number of para-hydroxylation sites is 1. The number of aliphatic hydroxyl groups is 3. The fourth-order valence-corrected chi connectivity index (χ4v) is 6.65. The predicted octanol–water partition coefficient (Wildman–Crippen LogP) is 4.92. The zero-order valence-corrected chi connectivity index (χ0v) is 24.2. The summed E-state index contributed by atoms with van der Waals surface area (Å²) < 4.78 is 44.3. The maximum atomic E-state index is 13.0. The predicted molar refractivity (Wildman–Crippen MR) is 155 cm³/mol. The van der Waals surface area contributed by atoms with Gasteiger partial charge in [-0.15, -0.1) is 24.5 Å².